The summed E-state index contributed by atoms with van der Waals surface area (Å²) in [6.07, 6.45) is 1.03. The van der Waals surface area contributed by atoms with Gasteiger partial charge in [0.05, 0.1) is 13.4 Å². The van der Waals surface area contributed by atoms with E-state index in [1.807, 2.05) is 6.07 Å². The van der Waals surface area contributed by atoms with E-state index < -0.39 is 28.1 Å². The quantitative estimate of drug-likeness (QED) is 0.800. The lowest BCUT2D eigenvalue weighted by Gasteiger charge is -2.38. The van der Waals surface area contributed by atoms with Gasteiger partial charge in [-0.1, -0.05) is 18.2 Å². The largest absolute Gasteiger partial charge is 0.468 e. The van der Waals surface area contributed by atoms with E-state index in [2.05, 4.69) is 10.1 Å². The summed E-state index contributed by atoms with van der Waals surface area (Å²) in [7, 11) is -2.38. The van der Waals surface area contributed by atoms with Crippen molar-refractivity contribution in [3.05, 3.63) is 30.3 Å². The Morgan fingerprint density at radius 3 is 2.43 bits per heavy atom. The van der Waals surface area contributed by atoms with Gasteiger partial charge in [-0.05, 0) is 12.1 Å². The van der Waals surface area contributed by atoms with E-state index in [1.165, 1.54) is 12.0 Å². The van der Waals surface area contributed by atoms with Crippen molar-refractivity contribution < 1.29 is 22.7 Å². The summed E-state index contributed by atoms with van der Waals surface area (Å²) in [5.41, 5.74) is 0.623. The highest BCUT2D eigenvalue weighted by molar-refractivity contribution is 7.88. The van der Waals surface area contributed by atoms with Gasteiger partial charge in [0.1, 0.15) is 6.04 Å². The fraction of sp³-hybridized carbons (Fsp3) is 0.429. The van der Waals surface area contributed by atoms with Crippen LogP contribution in [0.1, 0.15) is 0 Å². The van der Waals surface area contributed by atoms with Gasteiger partial charge in [0.2, 0.25) is 10.0 Å². The van der Waals surface area contributed by atoms with Gasteiger partial charge in [-0.2, -0.15) is 4.31 Å². The molecule has 1 aliphatic heterocycles. The number of hydrogen-bond donors (Lipinski definition) is 1. The zero-order valence-electron chi connectivity index (χ0n) is 12.9. The smallest absolute Gasteiger partial charge is 0.326 e. The van der Waals surface area contributed by atoms with E-state index in [0.29, 0.717) is 5.69 Å². The Kier molecular flexibility index (Phi) is 5.22. The standard InChI is InChI=1S/C14H19N3O5S/c1-22-13(18)12-10-16(8-9-17(12)23(2,20)21)14(19)15-11-6-4-3-5-7-11/h3-7,12H,8-10H2,1-2H3,(H,15,19)/t12-/m0/s1. The van der Waals surface area contributed by atoms with Crippen LogP contribution in [0.2, 0.25) is 0 Å². The number of anilines is 1. The third kappa shape index (κ3) is 4.20. The molecule has 1 fully saturated rings. The third-order valence-electron chi connectivity index (χ3n) is 3.54. The SMILES string of the molecule is COC(=O)[C@@H]1CN(C(=O)Nc2ccccc2)CCN1S(C)(=O)=O. The molecule has 1 aromatic rings. The molecule has 1 aromatic carbocycles. The number of benzene rings is 1. The number of sulfonamides is 1. The molecule has 0 radical (unpaired) electrons. The minimum absolute atomic E-state index is 0.0425. The molecular formula is C14H19N3O5S. The summed E-state index contributed by atoms with van der Waals surface area (Å²) in [4.78, 5) is 25.5. The molecule has 2 rings (SSSR count). The minimum atomic E-state index is -3.56. The molecule has 1 N–H and O–H groups in total. The topological polar surface area (TPSA) is 96.0 Å². The Hall–Kier alpha value is -2.13. The molecule has 0 aliphatic carbocycles. The van der Waals surface area contributed by atoms with E-state index in [9.17, 15) is 18.0 Å². The van der Waals surface area contributed by atoms with Crippen LogP contribution in [0.3, 0.4) is 0 Å². The highest BCUT2D eigenvalue weighted by Gasteiger charge is 2.39. The highest BCUT2D eigenvalue weighted by atomic mass is 32.2. The lowest BCUT2D eigenvalue weighted by molar-refractivity contribution is -0.146. The molecule has 23 heavy (non-hydrogen) atoms. The molecular weight excluding hydrogens is 322 g/mol. The molecule has 0 saturated carbocycles. The van der Waals surface area contributed by atoms with E-state index in [-0.39, 0.29) is 19.6 Å². The van der Waals surface area contributed by atoms with Gasteiger partial charge in [0.15, 0.2) is 0 Å². The van der Waals surface area contributed by atoms with Crippen LogP contribution in [0.25, 0.3) is 0 Å². The highest BCUT2D eigenvalue weighted by Crippen LogP contribution is 2.16. The van der Waals surface area contributed by atoms with Crippen LogP contribution >= 0.6 is 0 Å². The van der Waals surface area contributed by atoms with Crippen LogP contribution in [0, 0.1) is 0 Å². The normalized spacial score (nSPS) is 19.2. The van der Waals surface area contributed by atoms with Gasteiger partial charge >= 0.3 is 12.0 Å². The number of methoxy groups -OCH3 is 1. The van der Waals surface area contributed by atoms with Crippen LogP contribution < -0.4 is 5.32 Å². The third-order valence-corrected chi connectivity index (χ3v) is 4.83. The number of ether oxygens (including phenoxy) is 1. The first-order valence-electron chi connectivity index (χ1n) is 6.98. The molecule has 126 valence electrons. The Balaban J connectivity index is 2.11. The van der Waals surface area contributed by atoms with Crippen molar-refractivity contribution in [1.82, 2.24) is 9.21 Å². The van der Waals surface area contributed by atoms with Crippen molar-refractivity contribution in [2.45, 2.75) is 6.04 Å². The fourth-order valence-corrected chi connectivity index (χ4v) is 3.43. The number of para-hydroxylation sites is 1. The fourth-order valence-electron chi connectivity index (χ4n) is 2.40. The van der Waals surface area contributed by atoms with Crippen molar-refractivity contribution in [3.63, 3.8) is 0 Å². The number of hydrogen-bond acceptors (Lipinski definition) is 5. The number of rotatable bonds is 3. The summed E-state index contributed by atoms with van der Waals surface area (Å²) >= 11 is 0. The Bertz CT molecular complexity index is 677. The van der Waals surface area contributed by atoms with Crippen molar-refractivity contribution in [1.29, 1.82) is 0 Å². The predicted octanol–water partition coefficient (Wildman–Crippen LogP) is 0.337. The maximum atomic E-state index is 12.3. The minimum Gasteiger partial charge on any atom is -0.468 e. The number of carbonyl (C=O) groups excluding carboxylic acids is 2. The summed E-state index contributed by atoms with van der Waals surface area (Å²) in [5.74, 6) is -0.687. The summed E-state index contributed by atoms with van der Waals surface area (Å²) in [6.45, 7) is 0.179. The van der Waals surface area contributed by atoms with E-state index in [0.717, 1.165) is 10.6 Å². The maximum absolute atomic E-state index is 12.3. The maximum Gasteiger partial charge on any atom is 0.326 e. The second-order valence-corrected chi connectivity index (χ2v) is 7.09. The number of nitrogens with zero attached hydrogens (tertiary/aromatic N) is 2. The van der Waals surface area contributed by atoms with Gasteiger partial charge in [-0.25, -0.2) is 13.2 Å². The Morgan fingerprint density at radius 2 is 1.87 bits per heavy atom. The number of urea groups is 1. The van der Waals surface area contributed by atoms with Gasteiger partial charge in [0, 0.05) is 25.3 Å². The van der Waals surface area contributed by atoms with Crippen LogP contribution in [-0.2, 0) is 19.6 Å². The predicted molar refractivity (Wildman–Crippen MR) is 84.4 cm³/mol. The van der Waals surface area contributed by atoms with Gasteiger partial charge in [-0.15, -0.1) is 0 Å². The molecule has 1 saturated heterocycles. The summed E-state index contributed by atoms with van der Waals surface area (Å²) < 4.78 is 29.3. The van der Waals surface area contributed by atoms with Gasteiger partial charge < -0.3 is 15.0 Å². The summed E-state index contributed by atoms with van der Waals surface area (Å²) in [6, 6.07) is 7.45. The molecule has 8 nitrogen and oxygen atoms in total. The number of amides is 2. The number of carbonyl (C=O) groups is 2. The van der Waals surface area contributed by atoms with Crippen molar-refractivity contribution in [2.24, 2.45) is 0 Å². The molecule has 0 aromatic heterocycles. The number of esters is 1. The van der Waals surface area contributed by atoms with Crippen molar-refractivity contribution in [2.75, 3.05) is 38.3 Å². The lowest BCUT2D eigenvalue weighted by Crippen LogP contribution is -2.59. The second kappa shape index (κ2) is 6.97. The molecule has 0 spiro atoms. The first-order valence-corrected chi connectivity index (χ1v) is 8.83. The van der Waals surface area contributed by atoms with Crippen molar-refractivity contribution in [3.8, 4) is 0 Å². The number of piperazine rings is 1. The van der Waals surface area contributed by atoms with Crippen LogP contribution in [0.5, 0.6) is 0 Å². The van der Waals surface area contributed by atoms with E-state index in [4.69, 9.17) is 0 Å². The molecule has 0 bridgehead atoms. The molecule has 9 heteroatoms. The zero-order chi connectivity index (χ0) is 17.0. The molecule has 1 heterocycles. The zero-order valence-corrected chi connectivity index (χ0v) is 13.7. The lowest BCUT2D eigenvalue weighted by atomic mass is 10.2. The molecule has 2 amide bonds. The Morgan fingerprint density at radius 1 is 1.22 bits per heavy atom. The first kappa shape index (κ1) is 17.2. The molecule has 0 unspecified atom stereocenters. The van der Waals surface area contributed by atoms with E-state index in [1.54, 1.807) is 24.3 Å². The summed E-state index contributed by atoms with van der Waals surface area (Å²) in [5, 5.41) is 2.71. The van der Waals surface area contributed by atoms with Crippen LogP contribution in [0.4, 0.5) is 10.5 Å². The van der Waals surface area contributed by atoms with E-state index >= 15 is 0 Å². The number of nitrogens with one attached hydrogen (secondary N) is 1. The average Bonchev–Trinajstić information content (AvgIpc) is 2.53. The van der Waals surface area contributed by atoms with Crippen molar-refractivity contribution >= 4 is 27.7 Å². The van der Waals surface area contributed by atoms with Crippen LogP contribution in [0.15, 0.2) is 30.3 Å². The monoisotopic (exact) mass is 341 g/mol. The van der Waals surface area contributed by atoms with Gasteiger partial charge in [0.25, 0.3) is 0 Å². The second-order valence-electron chi connectivity index (χ2n) is 5.15. The average molecular weight is 341 g/mol. The van der Waals surface area contributed by atoms with Crippen LogP contribution in [-0.4, -0.2) is 68.7 Å². The first-order chi connectivity index (χ1) is 10.8. The Labute approximate surface area is 135 Å². The molecule has 1 atom stereocenters. The van der Waals surface area contributed by atoms with Gasteiger partial charge in [-0.3, -0.25) is 4.79 Å². The molecule has 1 aliphatic rings.